The lowest BCUT2D eigenvalue weighted by Crippen LogP contribution is -2.13. The maximum Gasteiger partial charge on any atom is 0.212 e. The summed E-state index contributed by atoms with van der Waals surface area (Å²) in [5.41, 5.74) is 6.88. The highest BCUT2D eigenvalue weighted by Crippen LogP contribution is 2.40. The highest BCUT2D eigenvalue weighted by Gasteiger charge is 2.27. The highest BCUT2D eigenvalue weighted by atomic mass is 35.5. The van der Waals surface area contributed by atoms with Gasteiger partial charge in [-0.05, 0) is 24.6 Å². The van der Waals surface area contributed by atoms with Gasteiger partial charge in [-0.1, -0.05) is 65.3 Å². The first kappa shape index (κ1) is 13.7. The Morgan fingerprint density at radius 1 is 1.05 bits per heavy atom. The normalized spacial score (nSPS) is 16.4. The van der Waals surface area contributed by atoms with E-state index in [1.807, 2.05) is 28.9 Å². The fourth-order valence-electron chi connectivity index (χ4n) is 2.38. The average molecular weight is 329 g/mol. The molecule has 0 saturated carbocycles. The van der Waals surface area contributed by atoms with Crippen LogP contribution in [0.15, 0.2) is 53.7 Å². The summed E-state index contributed by atoms with van der Waals surface area (Å²) >= 11 is 7.60. The largest absolute Gasteiger partial charge is 0.304 e. The molecule has 2 aromatic carbocycles. The van der Waals surface area contributed by atoms with E-state index in [4.69, 9.17) is 11.6 Å². The lowest BCUT2D eigenvalue weighted by molar-refractivity contribution is 0.792. The zero-order valence-corrected chi connectivity index (χ0v) is 13.4. The minimum Gasteiger partial charge on any atom is -0.304 e. The molecule has 0 aliphatic carbocycles. The summed E-state index contributed by atoms with van der Waals surface area (Å²) in [7, 11) is 0. The number of hydrogen-bond acceptors (Lipinski definition) is 4. The molecule has 2 heterocycles. The van der Waals surface area contributed by atoms with Crippen LogP contribution in [0, 0.1) is 6.92 Å². The number of aromatic nitrogens is 3. The van der Waals surface area contributed by atoms with Crippen LogP contribution < -0.4 is 5.43 Å². The number of nitrogens with one attached hydrogen (secondary N) is 1. The summed E-state index contributed by atoms with van der Waals surface area (Å²) in [5, 5.41) is 10.3. The molecular weight excluding hydrogens is 316 g/mol. The summed E-state index contributed by atoms with van der Waals surface area (Å²) in [6.07, 6.45) is 0. The SMILES string of the molecule is Cc1ccc(-c2nnc3n2NC(c2ccc(Cl)cc2)S3)cc1. The Labute approximate surface area is 137 Å². The van der Waals surface area contributed by atoms with Gasteiger partial charge in [0.25, 0.3) is 0 Å². The first-order valence-electron chi connectivity index (χ1n) is 6.92. The number of thioether (sulfide) groups is 1. The smallest absolute Gasteiger partial charge is 0.212 e. The molecule has 22 heavy (non-hydrogen) atoms. The maximum absolute atomic E-state index is 5.95. The summed E-state index contributed by atoms with van der Waals surface area (Å²) in [5.74, 6) is 0.832. The molecule has 1 aliphatic rings. The van der Waals surface area contributed by atoms with Crippen molar-refractivity contribution in [3.8, 4) is 11.4 Å². The molecule has 0 radical (unpaired) electrons. The number of hydrogen-bond donors (Lipinski definition) is 1. The molecule has 6 heteroatoms. The van der Waals surface area contributed by atoms with Crippen molar-refractivity contribution in [1.29, 1.82) is 0 Å². The second-order valence-electron chi connectivity index (χ2n) is 5.19. The predicted octanol–water partition coefficient (Wildman–Crippen LogP) is 4.25. The fourth-order valence-corrected chi connectivity index (χ4v) is 3.50. The van der Waals surface area contributed by atoms with E-state index in [1.165, 1.54) is 5.56 Å². The van der Waals surface area contributed by atoms with Gasteiger partial charge in [-0.2, -0.15) is 0 Å². The summed E-state index contributed by atoms with van der Waals surface area (Å²) in [6.45, 7) is 2.07. The monoisotopic (exact) mass is 328 g/mol. The number of fused-ring (bicyclic) bond motifs is 1. The van der Waals surface area contributed by atoms with E-state index in [0.717, 1.165) is 27.1 Å². The zero-order chi connectivity index (χ0) is 15.1. The van der Waals surface area contributed by atoms with Gasteiger partial charge in [0.15, 0.2) is 5.82 Å². The van der Waals surface area contributed by atoms with Crippen molar-refractivity contribution in [2.75, 3.05) is 5.43 Å². The Morgan fingerprint density at radius 3 is 2.50 bits per heavy atom. The first-order valence-corrected chi connectivity index (χ1v) is 8.17. The van der Waals surface area contributed by atoms with Crippen LogP contribution in [0.25, 0.3) is 11.4 Å². The van der Waals surface area contributed by atoms with Gasteiger partial charge in [0, 0.05) is 10.6 Å². The molecule has 1 aliphatic heterocycles. The predicted molar refractivity (Wildman–Crippen MR) is 89.6 cm³/mol. The summed E-state index contributed by atoms with van der Waals surface area (Å²) in [6, 6.07) is 16.1. The third kappa shape index (κ3) is 2.36. The molecule has 1 N–H and O–H groups in total. The number of aryl methyl sites for hydroxylation is 1. The minimum absolute atomic E-state index is 0.118. The van der Waals surface area contributed by atoms with Gasteiger partial charge in [0.1, 0.15) is 5.37 Å². The lowest BCUT2D eigenvalue weighted by atomic mass is 10.1. The van der Waals surface area contributed by atoms with Crippen LogP contribution in [0.3, 0.4) is 0 Å². The molecule has 1 aromatic heterocycles. The second kappa shape index (κ2) is 5.34. The molecule has 0 saturated heterocycles. The standard InChI is InChI=1S/C16H13ClN4S/c1-10-2-4-11(5-3-10)14-18-19-16-21(14)20-15(22-16)12-6-8-13(17)9-7-12/h2-9,15,20H,1H3. The van der Waals surface area contributed by atoms with Crippen LogP contribution >= 0.6 is 23.4 Å². The van der Waals surface area contributed by atoms with Crippen LogP contribution in [0.1, 0.15) is 16.5 Å². The third-order valence-corrected chi connectivity index (χ3v) is 4.93. The Morgan fingerprint density at radius 2 is 1.77 bits per heavy atom. The molecule has 0 bridgehead atoms. The number of rotatable bonds is 2. The molecule has 110 valence electrons. The van der Waals surface area contributed by atoms with Crippen LogP contribution in [0.5, 0.6) is 0 Å². The first-order chi connectivity index (χ1) is 10.7. The van der Waals surface area contributed by atoms with E-state index < -0.39 is 0 Å². The number of halogens is 1. The molecule has 4 rings (SSSR count). The number of benzene rings is 2. The van der Waals surface area contributed by atoms with Crippen LogP contribution in [0.2, 0.25) is 5.02 Å². The van der Waals surface area contributed by atoms with Crippen molar-refractivity contribution in [1.82, 2.24) is 14.9 Å². The van der Waals surface area contributed by atoms with Gasteiger partial charge in [0.2, 0.25) is 5.16 Å². The van der Waals surface area contributed by atoms with E-state index in [2.05, 4.69) is 46.8 Å². The second-order valence-corrected chi connectivity index (χ2v) is 6.69. The zero-order valence-electron chi connectivity index (χ0n) is 11.8. The fraction of sp³-hybridized carbons (Fsp3) is 0.125. The summed E-state index contributed by atoms with van der Waals surface area (Å²) < 4.78 is 1.95. The quantitative estimate of drug-likeness (QED) is 0.763. The average Bonchev–Trinajstić information content (AvgIpc) is 3.09. The molecule has 4 nitrogen and oxygen atoms in total. The molecule has 3 aromatic rings. The van der Waals surface area contributed by atoms with Crippen molar-refractivity contribution in [3.63, 3.8) is 0 Å². The van der Waals surface area contributed by atoms with Crippen molar-refractivity contribution in [2.45, 2.75) is 17.5 Å². The maximum atomic E-state index is 5.95. The molecule has 1 atom stereocenters. The Balaban J connectivity index is 1.65. The van der Waals surface area contributed by atoms with Gasteiger partial charge in [-0.3, -0.25) is 0 Å². The topological polar surface area (TPSA) is 42.7 Å². The Bertz CT molecular complexity index is 811. The van der Waals surface area contributed by atoms with Crippen molar-refractivity contribution < 1.29 is 0 Å². The van der Waals surface area contributed by atoms with E-state index in [1.54, 1.807) is 11.8 Å². The van der Waals surface area contributed by atoms with E-state index in [-0.39, 0.29) is 5.37 Å². The van der Waals surface area contributed by atoms with Gasteiger partial charge in [0.05, 0.1) is 0 Å². The summed E-state index contributed by atoms with van der Waals surface area (Å²) in [4.78, 5) is 0. The van der Waals surface area contributed by atoms with E-state index in [0.29, 0.717) is 0 Å². The molecular formula is C16H13ClN4S. The molecule has 1 unspecified atom stereocenters. The van der Waals surface area contributed by atoms with Crippen molar-refractivity contribution in [3.05, 3.63) is 64.7 Å². The lowest BCUT2D eigenvalue weighted by Gasteiger charge is -2.12. The van der Waals surface area contributed by atoms with Crippen molar-refractivity contribution >= 4 is 23.4 Å². The Kier molecular flexibility index (Phi) is 3.32. The molecule has 0 spiro atoms. The third-order valence-electron chi connectivity index (χ3n) is 3.59. The molecule has 0 amide bonds. The van der Waals surface area contributed by atoms with E-state index in [9.17, 15) is 0 Å². The minimum atomic E-state index is 0.118. The van der Waals surface area contributed by atoms with Crippen LogP contribution in [0.4, 0.5) is 0 Å². The highest BCUT2D eigenvalue weighted by molar-refractivity contribution is 7.99. The van der Waals surface area contributed by atoms with Gasteiger partial charge in [-0.25, -0.2) is 4.68 Å². The van der Waals surface area contributed by atoms with Gasteiger partial charge >= 0.3 is 0 Å². The van der Waals surface area contributed by atoms with Crippen LogP contribution in [-0.2, 0) is 0 Å². The van der Waals surface area contributed by atoms with Gasteiger partial charge < -0.3 is 5.43 Å². The Hall–Kier alpha value is -1.98. The number of nitrogens with zero attached hydrogens (tertiary/aromatic N) is 3. The van der Waals surface area contributed by atoms with Crippen molar-refractivity contribution in [2.24, 2.45) is 0 Å². The van der Waals surface area contributed by atoms with Gasteiger partial charge in [-0.15, -0.1) is 10.2 Å². The van der Waals surface area contributed by atoms with Crippen LogP contribution in [-0.4, -0.2) is 14.9 Å². The molecule has 0 fully saturated rings. The van der Waals surface area contributed by atoms with E-state index >= 15 is 0 Å².